The molecule has 2 aromatic carbocycles. The molecular weight excluding hydrogens is 420 g/mol. The van der Waals surface area contributed by atoms with Crippen molar-refractivity contribution in [3.63, 3.8) is 0 Å². The predicted molar refractivity (Wildman–Crippen MR) is 130 cm³/mol. The third kappa shape index (κ3) is 4.39. The van der Waals surface area contributed by atoms with Gasteiger partial charge in [-0.1, -0.05) is 54.0 Å². The highest BCUT2D eigenvalue weighted by atomic mass is 32.1. The summed E-state index contributed by atoms with van der Waals surface area (Å²) in [5, 5.41) is 8.45. The molecule has 0 radical (unpaired) electrons. The van der Waals surface area contributed by atoms with Crippen LogP contribution in [0, 0.1) is 6.92 Å². The van der Waals surface area contributed by atoms with Crippen LogP contribution in [0.2, 0.25) is 0 Å². The van der Waals surface area contributed by atoms with Crippen LogP contribution in [0.5, 0.6) is 5.75 Å². The van der Waals surface area contributed by atoms with E-state index in [0.717, 1.165) is 41.1 Å². The molecule has 0 amide bonds. The summed E-state index contributed by atoms with van der Waals surface area (Å²) in [6.45, 7) is 9.68. The molecular formula is C25H28N4O2S. The van der Waals surface area contributed by atoms with Gasteiger partial charge in [0, 0.05) is 17.8 Å². The van der Waals surface area contributed by atoms with E-state index < -0.39 is 0 Å². The van der Waals surface area contributed by atoms with Gasteiger partial charge in [0.05, 0.1) is 18.2 Å². The smallest absolute Gasteiger partial charge is 0.258 e. The number of ether oxygens (including phenoxy) is 1. The van der Waals surface area contributed by atoms with Gasteiger partial charge in [-0.15, -0.1) is 0 Å². The fraction of sp³-hybridized carbons (Fsp3) is 0.320. The van der Waals surface area contributed by atoms with Crippen molar-refractivity contribution in [2.45, 2.75) is 40.2 Å². The molecule has 1 N–H and O–H groups in total. The number of benzene rings is 2. The van der Waals surface area contributed by atoms with E-state index >= 15 is 0 Å². The van der Waals surface area contributed by atoms with Crippen LogP contribution in [0.1, 0.15) is 50.3 Å². The molecule has 166 valence electrons. The van der Waals surface area contributed by atoms with Gasteiger partial charge in [-0.3, -0.25) is 0 Å². The zero-order valence-electron chi connectivity index (χ0n) is 18.9. The molecule has 32 heavy (non-hydrogen) atoms. The molecule has 0 saturated carbocycles. The Hall–Kier alpha value is -3.19. The highest BCUT2D eigenvalue weighted by Gasteiger charge is 2.33. The first-order valence-electron chi connectivity index (χ1n) is 10.9. The molecule has 4 rings (SSSR count). The fourth-order valence-corrected chi connectivity index (χ4v) is 4.22. The molecule has 1 atom stereocenters. The molecule has 0 saturated heterocycles. The van der Waals surface area contributed by atoms with Crippen LogP contribution in [0.3, 0.4) is 0 Å². The Morgan fingerprint density at radius 2 is 1.78 bits per heavy atom. The third-order valence-corrected chi connectivity index (χ3v) is 5.87. The number of rotatable bonds is 7. The lowest BCUT2D eigenvalue weighted by atomic mass is 9.94. The highest BCUT2D eigenvalue weighted by molar-refractivity contribution is 7.80. The quantitative estimate of drug-likeness (QED) is 0.478. The number of nitrogens with zero attached hydrogens (tertiary/aromatic N) is 3. The van der Waals surface area contributed by atoms with Crippen LogP contribution in [-0.4, -0.2) is 33.3 Å². The maximum Gasteiger partial charge on any atom is 0.258 e. The third-order valence-electron chi connectivity index (χ3n) is 5.53. The molecule has 1 unspecified atom stereocenters. The molecule has 6 nitrogen and oxygen atoms in total. The standard InChI is InChI=1S/C25H28N4O2S/c1-5-15-29-17(4)21(24-27-23(28-31-24)19-9-7-16(3)8-10-19)22(26-25(29)32)18-11-13-20(14-12-18)30-6-2/h7-14,22H,5-6,15H2,1-4H3,(H,26,32). The normalized spacial score (nSPS) is 16.3. The molecule has 1 aliphatic rings. The molecule has 0 fully saturated rings. The zero-order valence-corrected chi connectivity index (χ0v) is 19.7. The van der Waals surface area contributed by atoms with Gasteiger partial charge in [0.2, 0.25) is 5.82 Å². The lowest BCUT2D eigenvalue weighted by Crippen LogP contribution is -2.46. The Kier molecular flexibility index (Phi) is 6.55. The van der Waals surface area contributed by atoms with E-state index in [2.05, 4.69) is 36.1 Å². The van der Waals surface area contributed by atoms with Crippen molar-refractivity contribution in [2.24, 2.45) is 0 Å². The molecule has 0 aliphatic carbocycles. The van der Waals surface area contributed by atoms with Crippen LogP contribution in [0.15, 0.2) is 58.8 Å². The Labute approximate surface area is 194 Å². The second-order valence-corrected chi connectivity index (χ2v) is 8.21. The van der Waals surface area contributed by atoms with Crippen LogP contribution >= 0.6 is 12.2 Å². The second-order valence-electron chi connectivity index (χ2n) is 7.82. The van der Waals surface area contributed by atoms with Crippen molar-refractivity contribution >= 4 is 22.9 Å². The van der Waals surface area contributed by atoms with Gasteiger partial charge < -0.3 is 19.5 Å². The van der Waals surface area contributed by atoms with Crippen molar-refractivity contribution in [1.29, 1.82) is 0 Å². The minimum atomic E-state index is -0.197. The first-order valence-corrected chi connectivity index (χ1v) is 11.3. The molecule has 0 bridgehead atoms. The van der Waals surface area contributed by atoms with Crippen molar-refractivity contribution in [3.8, 4) is 17.1 Å². The summed E-state index contributed by atoms with van der Waals surface area (Å²) in [6.07, 6.45) is 0.971. The minimum Gasteiger partial charge on any atom is -0.494 e. The lowest BCUT2D eigenvalue weighted by Gasteiger charge is -2.37. The summed E-state index contributed by atoms with van der Waals surface area (Å²) in [5.41, 5.74) is 5.12. The summed E-state index contributed by atoms with van der Waals surface area (Å²) in [4.78, 5) is 6.86. The fourth-order valence-electron chi connectivity index (χ4n) is 3.88. The average Bonchev–Trinajstić information content (AvgIpc) is 3.27. The van der Waals surface area contributed by atoms with Crippen LogP contribution in [0.25, 0.3) is 17.0 Å². The predicted octanol–water partition coefficient (Wildman–Crippen LogP) is 5.52. The van der Waals surface area contributed by atoms with Gasteiger partial charge in [-0.05, 0) is 57.1 Å². The Morgan fingerprint density at radius 3 is 2.44 bits per heavy atom. The maximum absolute atomic E-state index is 5.78. The molecule has 3 aromatic rings. The number of hydrogen-bond acceptors (Lipinski definition) is 5. The topological polar surface area (TPSA) is 63.4 Å². The van der Waals surface area contributed by atoms with E-state index in [-0.39, 0.29) is 6.04 Å². The molecule has 7 heteroatoms. The maximum atomic E-state index is 5.78. The largest absolute Gasteiger partial charge is 0.494 e. The highest BCUT2D eigenvalue weighted by Crippen LogP contribution is 2.37. The van der Waals surface area contributed by atoms with Crippen LogP contribution in [-0.2, 0) is 0 Å². The number of aryl methyl sites for hydroxylation is 1. The van der Waals surface area contributed by atoms with Crippen LogP contribution < -0.4 is 10.1 Å². The van der Waals surface area contributed by atoms with E-state index in [1.807, 2.05) is 55.5 Å². The van der Waals surface area contributed by atoms with Gasteiger partial charge in [0.15, 0.2) is 5.11 Å². The van der Waals surface area contributed by atoms with Gasteiger partial charge in [-0.25, -0.2) is 0 Å². The first kappa shape index (κ1) is 22.0. The minimum absolute atomic E-state index is 0.197. The summed E-state index contributed by atoms with van der Waals surface area (Å²) in [6, 6.07) is 15.9. The van der Waals surface area contributed by atoms with E-state index in [4.69, 9.17) is 26.5 Å². The van der Waals surface area contributed by atoms with Gasteiger partial charge >= 0.3 is 0 Å². The van der Waals surface area contributed by atoms with E-state index in [1.54, 1.807) is 0 Å². The Balaban J connectivity index is 1.76. The van der Waals surface area contributed by atoms with Crippen molar-refractivity contribution in [2.75, 3.05) is 13.2 Å². The first-order chi connectivity index (χ1) is 15.5. The van der Waals surface area contributed by atoms with Crippen LogP contribution in [0.4, 0.5) is 0 Å². The van der Waals surface area contributed by atoms with E-state index in [0.29, 0.717) is 23.4 Å². The van der Waals surface area contributed by atoms with Gasteiger partial charge in [-0.2, -0.15) is 4.98 Å². The summed E-state index contributed by atoms with van der Waals surface area (Å²) in [5.74, 6) is 1.90. The lowest BCUT2D eigenvalue weighted by molar-refractivity contribution is 0.340. The van der Waals surface area contributed by atoms with Crippen molar-refractivity contribution < 1.29 is 9.26 Å². The second kappa shape index (κ2) is 9.53. The monoisotopic (exact) mass is 448 g/mol. The van der Waals surface area contributed by atoms with E-state index in [9.17, 15) is 0 Å². The van der Waals surface area contributed by atoms with Crippen molar-refractivity contribution in [3.05, 3.63) is 71.2 Å². The number of aromatic nitrogens is 2. The Bertz CT molecular complexity index is 1120. The van der Waals surface area contributed by atoms with Gasteiger partial charge in [0.1, 0.15) is 5.75 Å². The molecule has 2 heterocycles. The number of nitrogens with one attached hydrogen (secondary N) is 1. The molecule has 1 aromatic heterocycles. The summed E-state index contributed by atoms with van der Waals surface area (Å²) < 4.78 is 11.4. The Morgan fingerprint density at radius 1 is 1.06 bits per heavy atom. The number of hydrogen-bond donors (Lipinski definition) is 1. The summed E-state index contributed by atoms with van der Waals surface area (Å²) >= 11 is 5.70. The molecule has 1 aliphatic heterocycles. The van der Waals surface area contributed by atoms with Crippen molar-refractivity contribution in [1.82, 2.24) is 20.4 Å². The van der Waals surface area contributed by atoms with Gasteiger partial charge in [0.25, 0.3) is 5.89 Å². The number of allylic oxidation sites excluding steroid dienone is 1. The summed E-state index contributed by atoms with van der Waals surface area (Å²) in [7, 11) is 0. The average molecular weight is 449 g/mol. The zero-order chi connectivity index (χ0) is 22.7. The SMILES string of the molecule is CCCN1C(=S)NC(c2ccc(OCC)cc2)C(c2nc(-c3ccc(C)cc3)no2)=C1C. The molecule has 0 spiro atoms. The number of thiocarbonyl (C=S) groups is 1. The van der Waals surface area contributed by atoms with E-state index in [1.165, 1.54) is 5.56 Å².